The van der Waals surface area contributed by atoms with Crippen LogP contribution in [-0.4, -0.2) is 11.8 Å². The molecule has 66 valence electrons. The second-order valence-corrected chi connectivity index (χ2v) is 6.50. The van der Waals surface area contributed by atoms with Gasteiger partial charge in [0.1, 0.15) is 0 Å². The first-order valence-corrected chi connectivity index (χ1v) is 6.10. The molecule has 1 unspecified atom stereocenters. The number of hydrogen-bond acceptors (Lipinski definition) is 0. The van der Waals surface area contributed by atoms with Gasteiger partial charge in [-0.15, -0.1) is 8.58 Å². The summed E-state index contributed by atoms with van der Waals surface area (Å²) in [6.07, 6.45) is 7.49. The summed E-state index contributed by atoms with van der Waals surface area (Å²) in [4.78, 5) is 0. The molecule has 1 rings (SSSR count). The largest absolute Gasteiger partial charge is 0.118 e. The number of rotatable bonds is 2. The summed E-state index contributed by atoms with van der Waals surface area (Å²) in [6.45, 7) is 7.07. The molecular weight excluding hydrogens is 151 g/mol. The van der Waals surface area contributed by atoms with Gasteiger partial charge >= 0.3 is 0 Å². The molecule has 1 aliphatic carbocycles. The van der Waals surface area contributed by atoms with Gasteiger partial charge in [-0.2, -0.15) is 0 Å². The third-order valence-electron chi connectivity index (χ3n) is 2.28. The summed E-state index contributed by atoms with van der Waals surface area (Å²) in [7, 11) is 1.24. The summed E-state index contributed by atoms with van der Waals surface area (Å²) in [6, 6.07) is 0. The molecule has 0 N–H and O–H groups in total. The Morgan fingerprint density at radius 2 is 1.73 bits per heavy atom. The zero-order valence-electron chi connectivity index (χ0n) is 8.11. The lowest BCUT2D eigenvalue weighted by atomic mass is 10.0. The first-order chi connectivity index (χ1) is 5.08. The van der Waals surface area contributed by atoms with Gasteiger partial charge < -0.3 is 0 Å². The van der Waals surface area contributed by atoms with Crippen LogP contribution < -0.4 is 0 Å². The third kappa shape index (κ3) is 4.11. The van der Waals surface area contributed by atoms with Crippen molar-refractivity contribution in [2.45, 2.75) is 52.1 Å². The van der Waals surface area contributed by atoms with Crippen LogP contribution in [0, 0.1) is 5.41 Å². The minimum absolute atomic E-state index is 0.570. The zero-order chi connectivity index (χ0) is 8.32. The van der Waals surface area contributed by atoms with Crippen LogP contribution in [0.5, 0.6) is 0 Å². The van der Waals surface area contributed by atoms with Crippen LogP contribution in [0.25, 0.3) is 0 Å². The molecule has 0 aliphatic heterocycles. The third-order valence-corrected chi connectivity index (χ3v) is 4.70. The molecule has 1 aliphatic rings. The molecule has 0 nitrogen and oxygen atoms in total. The normalized spacial score (nSPS) is 22.1. The minimum Gasteiger partial charge on any atom is -0.118 e. The van der Waals surface area contributed by atoms with Crippen molar-refractivity contribution in [3.8, 4) is 0 Å². The highest BCUT2D eigenvalue weighted by Gasteiger charge is 2.18. The predicted molar refractivity (Wildman–Crippen MR) is 54.9 cm³/mol. The highest BCUT2D eigenvalue weighted by atomic mass is 31.1. The van der Waals surface area contributed by atoms with Crippen molar-refractivity contribution in [3.63, 3.8) is 0 Å². The van der Waals surface area contributed by atoms with Gasteiger partial charge in [0.25, 0.3) is 0 Å². The summed E-state index contributed by atoms with van der Waals surface area (Å²) in [5.74, 6) is 0. The quantitative estimate of drug-likeness (QED) is 0.558. The molecule has 0 amide bonds. The Kier molecular flexibility index (Phi) is 3.37. The van der Waals surface area contributed by atoms with Crippen LogP contribution in [0.4, 0.5) is 0 Å². The smallest absolute Gasteiger partial charge is 0.0236 e. The van der Waals surface area contributed by atoms with Gasteiger partial charge in [0, 0.05) is 0 Å². The van der Waals surface area contributed by atoms with E-state index < -0.39 is 0 Å². The van der Waals surface area contributed by atoms with E-state index in [0.717, 1.165) is 5.66 Å². The first kappa shape index (κ1) is 9.52. The molecule has 0 aromatic carbocycles. The van der Waals surface area contributed by atoms with Crippen molar-refractivity contribution in [1.82, 2.24) is 0 Å². The van der Waals surface area contributed by atoms with E-state index >= 15 is 0 Å². The van der Waals surface area contributed by atoms with E-state index in [2.05, 4.69) is 20.8 Å². The van der Waals surface area contributed by atoms with Crippen LogP contribution in [0.15, 0.2) is 0 Å². The molecule has 0 heterocycles. The van der Waals surface area contributed by atoms with Crippen molar-refractivity contribution < 1.29 is 0 Å². The summed E-state index contributed by atoms with van der Waals surface area (Å²) < 4.78 is 0. The van der Waals surface area contributed by atoms with Crippen molar-refractivity contribution >= 4 is 8.58 Å². The van der Waals surface area contributed by atoms with E-state index in [1.165, 1.54) is 40.4 Å². The summed E-state index contributed by atoms with van der Waals surface area (Å²) in [5, 5.41) is 0. The maximum absolute atomic E-state index is 2.36. The molecule has 1 saturated carbocycles. The van der Waals surface area contributed by atoms with Gasteiger partial charge in [0.15, 0.2) is 0 Å². The standard InChI is InChI=1S/C10H21P/c1-10(2,3)8-11-9-6-4-5-7-9/h9,11H,4-8H2,1-3H3. The molecule has 0 radical (unpaired) electrons. The molecule has 0 aromatic heterocycles. The molecule has 0 saturated heterocycles. The molecule has 1 heteroatoms. The molecule has 0 aromatic rings. The fourth-order valence-corrected chi connectivity index (χ4v) is 3.30. The fourth-order valence-electron chi connectivity index (χ4n) is 1.58. The van der Waals surface area contributed by atoms with Crippen LogP contribution in [-0.2, 0) is 0 Å². The van der Waals surface area contributed by atoms with Crippen LogP contribution in [0.2, 0.25) is 0 Å². The van der Waals surface area contributed by atoms with E-state index in [0.29, 0.717) is 5.41 Å². The molecule has 0 spiro atoms. The second kappa shape index (κ2) is 3.90. The minimum atomic E-state index is 0.570. The van der Waals surface area contributed by atoms with Crippen molar-refractivity contribution in [2.24, 2.45) is 5.41 Å². The average molecular weight is 172 g/mol. The zero-order valence-corrected chi connectivity index (χ0v) is 9.11. The maximum atomic E-state index is 2.36. The molecule has 0 bridgehead atoms. The highest BCUT2D eigenvalue weighted by molar-refractivity contribution is 7.38. The lowest BCUT2D eigenvalue weighted by molar-refractivity contribution is 0.477. The van der Waals surface area contributed by atoms with Gasteiger partial charge in [-0.3, -0.25) is 0 Å². The van der Waals surface area contributed by atoms with Crippen LogP contribution >= 0.6 is 8.58 Å². The Hall–Kier alpha value is 0.430. The SMILES string of the molecule is CC(C)(C)CPC1CCCC1. The van der Waals surface area contributed by atoms with Gasteiger partial charge in [0.05, 0.1) is 0 Å². The van der Waals surface area contributed by atoms with Crippen molar-refractivity contribution in [3.05, 3.63) is 0 Å². The van der Waals surface area contributed by atoms with Gasteiger partial charge in [-0.25, -0.2) is 0 Å². The van der Waals surface area contributed by atoms with E-state index in [9.17, 15) is 0 Å². The van der Waals surface area contributed by atoms with E-state index in [1.54, 1.807) is 0 Å². The molecule has 1 atom stereocenters. The lowest BCUT2D eigenvalue weighted by Crippen LogP contribution is -2.09. The topological polar surface area (TPSA) is 0 Å². The van der Waals surface area contributed by atoms with Crippen molar-refractivity contribution in [1.29, 1.82) is 0 Å². The Morgan fingerprint density at radius 3 is 2.18 bits per heavy atom. The molecular formula is C10H21P. The number of hydrogen-bond donors (Lipinski definition) is 0. The first-order valence-electron chi connectivity index (χ1n) is 4.81. The van der Waals surface area contributed by atoms with E-state index in [4.69, 9.17) is 0 Å². The monoisotopic (exact) mass is 172 g/mol. The Labute approximate surface area is 72.9 Å². The lowest BCUT2D eigenvalue weighted by Gasteiger charge is -2.20. The van der Waals surface area contributed by atoms with Crippen LogP contribution in [0.3, 0.4) is 0 Å². The van der Waals surface area contributed by atoms with E-state index in [1.807, 2.05) is 0 Å². The van der Waals surface area contributed by atoms with Gasteiger partial charge in [-0.1, -0.05) is 33.6 Å². The molecule has 11 heavy (non-hydrogen) atoms. The Bertz CT molecular complexity index is 107. The second-order valence-electron chi connectivity index (χ2n) is 4.92. The Balaban J connectivity index is 2.11. The highest BCUT2D eigenvalue weighted by Crippen LogP contribution is 2.37. The van der Waals surface area contributed by atoms with Gasteiger partial charge in [-0.05, 0) is 30.1 Å². The fraction of sp³-hybridized carbons (Fsp3) is 1.00. The maximum Gasteiger partial charge on any atom is -0.0236 e. The Morgan fingerprint density at radius 1 is 1.18 bits per heavy atom. The van der Waals surface area contributed by atoms with Crippen LogP contribution in [0.1, 0.15) is 46.5 Å². The molecule has 1 fully saturated rings. The van der Waals surface area contributed by atoms with Gasteiger partial charge in [0.2, 0.25) is 0 Å². The predicted octanol–water partition coefficient (Wildman–Crippen LogP) is 3.65. The van der Waals surface area contributed by atoms with Crippen molar-refractivity contribution in [2.75, 3.05) is 6.16 Å². The average Bonchev–Trinajstić information content (AvgIpc) is 2.32. The van der Waals surface area contributed by atoms with E-state index in [-0.39, 0.29) is 0 Å². The summed E-state index contributed by atoms with van der Waals surface area (Å²) >= 11 is 0. The summed E-state index contributed by atoms with van der Waals surface area (Å²) in [5.41, 5.74) is 1.68.